The minimum absolute atomic E-state index is 0.248. The molecule has 3 nitrogen and oxygen atoms in total. The topological polar surface area (TPSA) is 46.2 Å². The monoisotopic (exact) mass is 367 g/mol. The normalized spacial score (nSPS) is 18.9. The number of nitrogens with one attached hydrogen (secondary N) is 1. The Morgan fingerprint density at radius 1 is 1.15 bits per heavy atom. The average Bonchev–Trinajstić information content (AvgIpc) is 2.42. The highest BCUT2D eigenvalue weighted by Gasteiger charge is 2.35. The zero-order valence-electron chi connectivity index (χ0n) is 10.8. The Labute approximate surface area is 125 Å². The SMILES string of the molecule is O=S(=O)(NC1(CBr)CCCCC1)c1ccc(F)c(F)c1. The second-order valence-electron chi connectivity index (χ2n) is 5.16. The second-order valence-corrected chi connectivity index (χ2v) is 7.40. The van der Waals surface area contributed by atoms with E-state index in [1.807, 2.05) is 0 Å². The molecule has 0 aliphatic heterocycles. The van der Waals surface area contributed by atoms with Crippen molar-refractivity contribution in [1.82, 2.24) is 4.72 Å². The van der Waals surface area contributed by atoms with E-state index in [-0.39, 0.29) is 4.90 Å². The van der Waals surface area contributed by atoms with Crippen molar-refractivity contribution in [2.24, 2.45) is 0 Å². The van der Waals surface area contributed by atoms with E-state index in [9.17, 15) is 17.2 Å². The lowest BCUT2D eigenvalue weighted by Gasteiger charge is -2.36. The fourth-order valence-electron chi connectivity index (χ4n) is 2.48. The minimum atomic E-state index is -3.86. The number of rotatable bonds is 4. The van der Waals surface area contributed by atoms with E-state index in [2.05, 4.69) is 20.7 Å². The molecule has 0 unspecified atom stereocenters. The van der Waals surface area contributed by atoms with Crippen LogP contribution in [0.2, 0.25) is 0 Å². The smallest absolute Gasteiger partial charge is 0.207 e. The van der Waals surface area contributed by atoms with Crippen molar-refractivity contribution >= 4 is 26.0 Å². The molecule has 0 amide bonds. The Morgan fingerprint density at radius 2 is 1.80 bits per heavy atom. The highest BCUT2D eigenvalue weighted by Crippen LogP contribution is 2.31. The zero-order chi connectivity index (χ0) is 14.8. The van der Waals surface area contributed by atoms with Gasteiger partial charge < -0.3 is 0 Å². The summed E-state index contributed by atoms with van der Waals surface area (Å²) in [5.74, 6) is -2.22. The summed E-state index contributed by atoms with van der Waals surface area (Å²) in [6, 6.07) is 2.61. The molecule has 2 rings (SSSR count). The quantitative estimate of drug-likeness (QED) is 0.829. The molecule has 0 atom stereocenters. The first-order valence-corrected chi connectivity index (χ1v) is 9.04. The maximum atomic E-state index is 13.2. The van der Waals surface area contributed by atoms with E-state index < -0.39 is 27.2 Å². The molecule has 0 radical (unpaired) electrons. The van der Waals surface area contributed by atoms with Gasteiger partial charge in [-0.1, -0.05) is 35.2 Å². The van der Waals surface area contributed by atoms with Crippen LogP contribution in [0.4, 0.5) is 8.78 Å². The van der Waals surface area contributed by atoms with Gasteiger partial charge in [0.05, 0.1) is 4.90 Å². The van der Waals surface area contributed by atoms with E-state index in [0.29, 0.717) is 11.4 Å². The first kappa shape index (κ1) is 15.9. The molecule has 1 aromatic carbocycles. The largest absolute Gasteiger partial charge is 0.241 e. The summed E-state index contributed by atoms with van der Waals surface area (Å²) in [6.07, 6.45) is 4.46. The van der Waals surface area contributed by atoms with Gasteiger partial charge >= 0.3 is 0 Å². The van der Waals surface area contributed by atoms with Gasteiger partial charge in [0.15, 0.2) is 11.6 Å². The number of alkyl halides is 1. The first-order valence-electron chi connectivity index (χ1n) is 6.44. The summed E-state index contributed by atoms with van der Waals surface area (Å²) >= 11 is 3.36. The molecule has 0 bridgehead atoms. The molecule has 20 heavy (non-hydrogen) atoms. The van der Waals surface area contributed by atoms with Gasteiger partial charge in [0.25, 0.3) is 0 Å². The third kappa shape index (κ3) is 3.38. The van der Waals surface area contributed by atoms with Gasteiger partial charge in [0.1, 0.15) is 0 Å². The summed E-state index contributed by atoms with van der Waals surface area (Å²) in [7, 11) is -3.86. The number of halogens is 3. The number of benzene rings is 1. The number of hydrogen-bond donors (Lipinski definition) is 1. The van der Waals surface area contributed by atoms with Crippen LogP contribution >= 0.6 is 15.9 Å². The molecule has 1 fully saturated rings. The van der Waals surface area contributed by atoms with E-state index >= 15 is 0 Å². The Morgan fingerprint density at radius 3 is 2.35 bits per heavy atom. The predicted octanol–water partition coefficient (Wildman–Crippen LogP) is 3.34. The maximum absolute atomic E-state index is 13.2. The first-order chi connectivity index (χ1) is 9.38. The lowest BCUT2D eigenvalue weighted by Crippen LogP contribution is -2.51. The Hall–Kier alpha value is -0.530. The summed E-state index contributed by atoms with van der Waals surface area (Å²) in [6.45, 7) is 0. The molecule has 0 saturated heterocycles. The van der Waals surface area contributed by atoms with Gasteiger partial charge in [0.2, 0.25) is 10.0 Å². The zero-order valence-corrected chi connectivity index (χ0v) is 13.2. The van der Waals surface area contributed by atoms with Gasteiger partial charge in [-0.2, -0.15) is 0 Å². The van der Waals surface area contributed by atoms with Gasteiger partial charge in [0, 0.05) is 10.9 Å². The maximum Gasteiger partial charge on any atom is 0.241 e. The van der Waals surface area contributed by atoms with Crippen molar-refractivity contribution < 1.29 is 17.2 Å². The van der Waals surface area contributed by atoms with Gasteiger partial charge in [-0.3, -0.25) is 0 Å². The molecule has 1 aromatic rings. The van der Waals surface area contributed by atoms with Crippen LogP contribution in [0, 0.1) is 11.6 Å². The summed E-state index contributed by atoms with van der Waals surface area (Å²) in [5.41, 5.74) is -0.540. The summed E-state index contributed by atoms with van der Waals surface area (Å²) in [5, 5.41) is 0.503. The Kier molecular flexibility index (Phi) is 4.81. The van der Waals surface area contributed by atoms with Crippen LogP contribution in [0.25, 0.3) is 0 Å². The molecular weight excluding hydrogens is 352 g/mol. The molecule has 0 spiro atoms. The lowest BCUT2D eigenvalue weighted by molar-refractivity contribution is 0.301. The van der Waals surface area contributed by atoms with E-state index in [1.165, 1.54) is 0 Å². The molecule has 1 saturated carbocycles. The van der Waals surface area contributed by atoms with Crippen molar-refractivity contribution in [1.29, 1.82) is 0 Å². The molecule has 1 aliphatic rings. The van der Waals surface area contributed by atoms with Crippen molar-refractivity contribution in [2.45, 2.75) is 42.5 Å². The molecule has 112 valence electrons. The van der Waals surface area contributed by atoms with Crippen LogP contribution in [-0.4, -0.2) is 19.3 Å². The lowest BCUT2D eigenvalue weighted by atomic mass is 9.84. The predicted molar refractivity (Wildman–Crippen MR) is 76.3 cm³/mol. The third-order valence-electron chi connectivity index (χ3n) is 3.62. The van der Waals surface area contributed by atoms with Crippen LogP contribution in [0.15, 0.2) is 23.1 Å². The molecule has 0 aromatic heterocycles. The molecular formula is C13H16BrF2NO2S. The van der Waals surface area contributed by atoms with E-state index in [0.717, 1.165) is 44.2 Å². The number of hydrogen-bond acceptors (Lipinski definition) is 2. The van der Waals surface area contributed by atoms with E-state index in [1.54, 1.807) is 0 Å². The van der Waals surface area contributed by atoms with Gasteiger partial charge in [-0.25, -0.2) is 21.9 Å². The summed E-state index contributed by atoms with van der Waals surface area (Å²) < 4.78 is 53.3. The Bertz CT molecular complexity index is 586. The van der Waals surface area contributed by atoms with Crippen molar-refractivity contribution in [2.75, 3.05) is 5.33 Å². The molecule has 7 heteroatoms. The average molecular weight is 368 g/mol. The highest BCUT2D eigenvalue weighted by molar-refractivity contribution is 9.09. The van der Waals surface area contributed by atoms with Crippen molar-refractivity contribution in [3.63, 3.8) is 0 Å². The Balaban J connectivity index is 2.27. The standard InChI is InChI=1S/C13H16BrF2NO2S/c14-9-13(6-2-1-3-7-13)17-20(18,19)10-4-5-11(15)12(16)8-10/h4-5,8,17H,1-3,6-7,9H2. The van der Waals surface area contributed by atoms with Gasteiger partial charge in [-0.05, 0) is 31.0 Å². The fraction of sp³-hybridized carbons (Fsp3) is 0.538. The van der Waals surface area contributed by atoms with Crippen LogP contribution in [0.3, 0.4) is 0 Å². The van der Waals surface area contributed by atoms with Crippen LogP contribution in [0.1, 0.15) is 32.1 Å². The molecule has 1 N–H and O–H groups in total. The molecule has 0 heterocycles. The third-order valence-corrected chi connectivity index (χ3v) is 6.27. The van der Waals surface area contributed by atoms with E-state index in [4.69, 9.17) is 0 Å². The van der Waals surface area contributed by atoms with Gasteiger partial charge in [-0.15, -0.1) is 0 Å². The number of sulfonamides is 1. The fourth-order valence-corrected chi connectivity index (χ4v) is 4.84. The van der Waals surface area contributed by atoms with Crippen LogP contribution < -0.4 is 4.72 Å². The second kappa shape index (κ2) is 6.07. The highest BCUT2D eigenvalue weighted by atomic mass is 79.9. The summed E-state index contributed by atoms with van der Waals surface area (Å²) in [4.78, 5) is -0.248. The van der Waals surface area contributed by atoms with Crippen LogP contribution in [0.5, 0.6) is 0 Å². The van der Waals surface area contributed by atoms with Crippen molar-refractivity contribution in [3.8, 4) is 0 Å². The van der Waals surface area contributed by atoms with Crippen LogP contribution in [-0.2, 0) is 10.0 Å². The minimum Gasteiger partial charge on any atom is -0.207 e. The molecule has 1 aliphatic carbocycles. The van der Waals surface area contributed by atoms with Crippen molar-refractivity contribution in [3.05, 3.63) is 29.8 Å².